The number of rotatable bonds is 4. The van der Waals surface area contributed by atoms with Gasteiger partial charge in [-0.3, -0.25) is 0 Å². The second kappa shape index (κ2) is 4.86. The minimum atomic E-state index is 0.288. The molecule has 0 bridgehead atoms. The van der Waals surface area contributed by atoms with Crippen molar-refractivity contribution in [3.8, 4) is 11.5 Å². The molecule has 0 aliphatic heterocycles. The van der Waals surface area contributed by atoms with E-state index in [-0.39, 0.29) is 5.75 Å². The minimum Gasteiger partial charge on any atom is -0.508 e. The first-order valence-electron chi connectivity index (χ1n) is 4.75. The summed E-state index contributed by atoms with van der Waals surface area (Å²) in [5, 5.41) is 9.60. The lowest BCUT2D eigenvalue weighted by Gasteiger charge is -2.09. The van der Waals surface area contributed by atoms with Crippen LogP contribution in [0.2, 0.25) is 0 Å². The molecule has 3 N–H and O–H groups in total. The Morgan fingerprint density at radius 1 is 1.43 bits per heavy atom. The predicted octanol–water partition coefficient (Wildman–Crippen LogP) is 1.60. The fraction of sp³-hybridized carbons (Fsp3) is 0.455. The molecular weight excluding hydrogens is 178 g/mol. The fourth-order valence-corrected chi connectivity index (χ4v) is 1.39. The second-order valence-electron chi connectivity index (χ2n) is 3.33. The average molecular weight is 195 g/mol. The molecule has 0 atom stereocenters. The third-order valence-electron chi connectivity index (χ3n) is 2.28. The van der Waals surface area contributed by atoms with Gasteiger partial charge in [0.1, 0.15) is 11.5 Å². The highest BCUT2D eigenvalue weighted by Gasteiger charge is 2.06. The van der Waals surface area contributed by atoms with Crippen LogP contribution in [0, 0.1) is 6.92 Å². The molecule has 3 nitrogen and oxygen atoms in total. The number of phenolic OH excluding ortho intramolecular Hbond substituents is 1. The van der Waals surface area contributed by atoms with Crippen molar-refractivity contribution in [1.82, 2.24) is 0 Å². The van der Waals surface area contributed by atoms with Crippen LogP contribution in [0.1, 0.15) is 17.5 Å². The lowest BCUT2D eigenvalue weighted by atomic mass is 10.1. The zero-order chi connectivity index (χ0) is 10.6. The standard InChI is InChI=1S/C11H17NO2/c1-8-10(13)6-9(4-3-5-12)7-11(8)14-2/h6-7,13H,3-5,12H2,1-2H3. The van der Waals surface area contributed by atoms with Crippen molar-refractivity contribution >= 4 is 0 Å². The maximum Gasteiger partial charge on any atom is 0.125 e. The van der Waals surface area contributed by atoms with Crippen LogP contribution in [0.3, 0.4) is 0 Å². The highest BCUT2D eigenvalue weighted by atomic mass is 16.5. The van der Waals surface area contributed by atoms with Gasteiger partial charge in [-0.25, -0.2) is 0 Å². The van der Waals surface area contributed by atoms with Gasteiger partial charge in [-0.1, -0.05) is 0 Å². The minimum absolute atomic E-state index is 0.288. The van der Waals surface area contributed by atoms with Crippen LogP contribution in [-0.2, 0) is 6.42 Å². The Morgan fingerprint density at radius 2 is 2.14 bits per heavy atom. The molecule has 0 aromatic heterocycles. The van der Waals surface area contributed by atoms with Gasteiger partial charge in [0.2, 0.25) is 0 Å². The number of nitrogens with two attached hydrogens (primary N) is 1. The summed E-state index contributed by atoms with van der Waals surface area (Å²) in [5.74, 6) is 1.02. The molecule has 0 fully saturated rings. The predicted molar refractivity (Wildman–Crippen MR) is 56.8 cm³/mol. The molecule has 0 saturated carbocycles. The largest absolute Gasteiger partial charge is 0.508 e. The zero-order valence-electron chi connectivity index (χ0n) is 8.71. The molecular formula is C11H17NO2. The number of methoxy groups -OCH3 is 1. The number of hydrogen-bond acceptors (Lipinski definition) is 3. The number of phenols is 1. The number of ether oxygens (including phenoxy) is 1. The highest BCUT2D eigenvalue weighted by Crippen LogP contribution is 2.28. The number of aryl methyl sites for hydroxylation is 1. The number of hydrogen-bond donors (Lipinski definition) is 2. The Kier molecular flexibility index (Phi) is 3.77. The lowest BCUT2D eigenvalue weighted by Crippen LogP contribution is -2.00. The van der Waals surface area contributed by atoms with Gasteiger partial charge in [-0.2, -0.15) is 0 Å². The van der Waals surface area contributed by atoms with Gasteiger partial charge < -0.3 is 15.6 Å². The van der Waals surface area contributed by atoms with Gasteiger partial charge in [0.25, 0.3) is 0 Å². The van der Waals surface area contributed by atoms with Crippen LogP contribution in [-0.4, -0.2) is 18.8 Å². The van der Waals surface area contributed by atoms with E-state index in [1.807, 2.05) is 13.0 Å². The molecule has 14 heavy (non-hydrogen) atoms. The number of benzene rings is 1. The smallest absolute Gasteiger partial charge is 0.125 e. The van der Waals surface area contributed by atoms with Crippen molar-refractivity contribution in [2.75, 3.05) is 13.7 Å². The summed E-state index contributed by atoms with van der Waals surface area (Å²) in [6.45, 7) is 2.50. The molecule has 78 valence electrons. The molecule has 1 aromatic rings. The quantitative estimate of drug-likeness (QED) is 0.767. The van der Waals surface area contributed by atoms with Gasteiger partial charge in [0.15, 0.2) is 0 Å². The van der Waals surface area contributed by atoms with E-state index in [0.717, 1.165) is 29.7 Å². The SMILES string of the molecule is COc1cc(CCCN)cc(O)c1C. The Hall–Kier alpha value is -1.22. The van der Waals surface area contributed by atoms with Crippen LogP contribution >= 0.6 is 0 Å². The molecule has 1 aromatic carbocycles. The summed E-state index contributed by atoms with van der Waals surface area (Å²) in [6, 6.07) is 3.72. The number of aromatic hydroxyl groups is 1. The summed E-state index contributed by atoms with van der Waals surface area (Å²) in [6.07, 6.45) is 1.80. The third kappa shape index (κ3) is 2.39. The summed E-state index contributed by atoms with van der Waals surface area (Å²) < 4.78 is 5.16. The molecule has 0 heterocycles. The van der Waals surface area contributed by atoms with Crippen LogP contribution in [0.25, 0.3) is 0 Å². The van der Waals surface area contributed by atoms with Crippen molar-refractivity contribution in [2.24, 2.45) is 5.73 Å². The first kappa shape index (κ1) is 10.9. The van der Waals surface area contributed by atoms with Crippen molar-refractivity contribution in [2.45, 2.75) is 19.8 Å². The van der Waals surface area contributed by atoms with Gasteiger partial charge >= 0.3 is 0 Å². The van der Waals surface area contributed by atoms with E-state index >= 15 is 0 Å². The van der Waals surface area contributed by atoms with Crippen LogP contribution in [0.4, 0.5) is 0 Å². The summed E-state index contributed by atoms with van der Waals surface area (Å²) in [4.78, 5) is 0. The summed E-state index contributed by atoms with van der Waals surface area (Å²) >= 11 is 0. The normalized spacial score (nSPS) is 10.2. The van der Waals surface area contributed by atoms with E-state index < -0.39 is 0 Å². The van der Waals surface area contributed by atoms with Crippen molar-refractivity contribution in [1.29, 1.82) is 0 Å². The van der Waals surface area contributed by atoms with E-state index in [1.54, 1.807) is 13.2 Å². The monoisotopic (exact) mass is 195 g/mol. The molecule has 0 aliphatic rings. The summed E-state index contributed by atoms with van der Waals surface area (Å²) in [5.41, 5.74) is 7.27. The maximum absolute atomic E-state index is 9.60. The van der Waals surface area contributed by atoms with Crippen molar-refractivity contribution in [3.63, 3.8) is 0 Å². The topological polar surface area (TPSA) is 55.5 Å². The molecule has 0 spiro atoms. The van der Waals surface area contributed by atoms with Crippen molar-refractivity contribution < 1.29 is 9.84 Å². The van der Waals surface area contributed by atoms with Gasteiger partial charge in [-0.15, -0.1) is 0 Å². The van der Waals surface area contributed by atoms with E-state index in [9.17, 15) is 5.11 Å². The molecule has 0 amide bonds. The summed E-state index contributed by atoms with van der Waals surface area (Å²) in [7, 11) is 1.61. The van der Waals surface area contributed by atoms with E-state index in [2.05, 4.69) is 0 Å². The Labute approximate surface area is 84.5 Å². The Balaban J connectivity index is 2.91. The van der Waals surface area contributed by atoms with Crippen molar-refractivity contribution in [3.05, 3.63) is 23.3 Å². The fourth-order valence-electron chi connectivity index (χ4n) is 1.39. The Bertz CT molecular complexity index is 310. The maximum atomic E-state index is 9.60. The van der Waals surface area contributed by atoms with Gasteiger partial charge in [0, 0.05) is 5.56 Å². The second-order valence-corrected chi connectivity index (χ2v) is 3.33. The van der Waals surface area contributed by atoms with E-state index in [4.69, 9.17) is 10.5 Å². The zero-order valence-corrected chi connectivity index (χ0v) is 8.71. The molecule has 0 aliphatic carbocycles. The highest BCUT2D eigenvalue weighted by molar-refractivity contribution is 5.46. The van der Waals surface area contributed by atoms with Gasteiger partial charge in [0.05, 0.1) is 7.11 Å². The van der Waals surface area contributed by atoms with Crippen LogP contribution in [0.5, 0.6) is 11.5 Å². The van der Waals surface area contributed by atoms with E-state index in [0.29, 0.717) is 6.54 Å². The average Bonchev–Trinajstić information content (AvgIpc) is 2.19. The molecule has 3 heteroatoms. The first-order valence-corrected chi connectivity index (χ1v) is 4.75. The third-order valence-corrected chi connectivity index (χ3v) is 2.28. The molecule has 1 rings (SSSR count). The lowest BCUT2D eigenvalue weighted by molar-refractivity contribution is 0.402. The molecule has 0 radical (unpaired) electrons. The molecule has 0 unspecified atom stereocenters. The first-order chi connectivity index (χ1) is 6.69. The van der Waals surface area contributed by atoms with Crippen LogP contribution in [0.15, 0.2) is 12.1 Å². The Morgan fingerprint density at radius 3 is 2.71 bits per heavy atom. The van der Waals surface area contributed by atoms with Crippen LogP contribution < -0.4 is 10.5 Å². The van der Waals surface area contributed by atoms with E-state index in [1.165, 1.54) is 0 Å². The van der Waals surface area contributed by atoms with Gasteiger partial charge in [-0.05, 0) is 44.0 Å². The molecule has 0 saturated heterocycles.